The van der Waals surface area contributed by atoms with Gasteiger partial charge in [0, 0.05) is 43.7 Å². The van der Waals surface area contributed by atoms with Crippen LogP contribution in [0.2, 0.25) is 0 Å². The minimum atomic E-state index is 0.0676. The zero-order valence-electron chi connectivity index (χ0n) is 22.2. The first-order chi connectivity index (χ1) is 17.6. The van der Waals surface area contributed by atoms with E-state index < -0.39 is 0 Å². The van der Waals surface area contributed by atoms with Crippen molar-refractivity contribution in [3.8, 4) is 5.75 Å². The van der Waals surface area contributed by atoms with Crippen LogP contribution in [0.4, 0.5) is 5.69 Å². The topological polar surface area (TPSA) is 53.1 Å². The van der Waals surface area contributed by atoms with E-state index in [1.807, 2.05) is 29.2 Å². The van der Waals surface area contributed by atoms with E-state index >= 15 is 0 Å². The molecule has 4 fully saturated rings. The molecule has 0 aromatic heterocycles. The second-order valence-electron chi connectivity index (χ2n) is 11.7. The quantitative estimate of drug-likeness (QED) is 0.393. The van der Waals surface area contributed by atoms with Crippen molar-refractivity contribution in [2.75, 3.05) is 37.7 Å². The Morgan fingerprint density at radius 1 is 0.972 bits per heavy atom. The summed E-state index contributed by atoms with van der Waals surface area (Å²) in [4.78, 5) is 32.7. The standard InChI is InChI=1S/C30H45N3O3/c1-23-7-5-18-31(23)19-6-20-36-28-15-12-26(13-16-28)33-27(14-17-29(33)34)22-32(30(35)25-10-11-25)21-24-8-3-2-4-9-24/h12-13,15-16,23-25,27H,2-11,14,17-22H2,1H3. The monoisotopic (exact) mass is 495 g/mol. The summed E-state index contributed by atoms with van der Waals surface area (Å²) in [7, 11) is 0. The van der Waals surface area contributed by atoms with Crippen LogP contribution >= 0.6 is 0 Å². The lowest BCUT2D eigenvalue weighted by Gasteiger charge is -2.34. The predicted molar refractivity (Wildman–Crippen MR) is 143 cm³/mol. The molecule has 6 nitrogen and oxygen atoms in total. The number of hydrogen-bond acceptors (Lipinski definition) is 4. The lowest BCUT2D eigenvalue weighted by Crippen LogP contribution is -2.46. The van der Waals surface area contributed by atoms with Gasteiger partial charge >= 0.3 is 0 Å². The van der Waals surface area contributed by atoms with E-state index in [2.05, 4.69) is 16.7 Å². The Labute approximate surface area is 217 Å². The largest absolute Gasteiger partial charge is 0.494 e. The zero-order valence-corrected chi connectivity index (χ0v) is 22.2. The maximum Gasteiger partial charge on any atom is 0.227 e. The molecule has 0 bridgehead atoms. The van der Waals surface area contributed by atoms with Crippen LogP contribution < -0.4 is 9.64 Å². The van der Waals surface area contributed by atoms with Gasteiger partial charge in [0.2, 0.25) is 11.8 Å². The van der Waals surface area contributed by atoms with Crippen LogP contribution in [0.3, 0.4) is 0 Å². The van der Waals surface area contributed by atoms with Crippen molar-refractivity contribution in [1.82, 2.24) is 9.80 Å². The van der Waals surface area contributed by atoms with Gasteiger partial charge in [-0.25, -0.2) is 0 Å². The molecule has 2 unspecified atom stereocenters. The van der Waals surface area contributed by atoms with Crippen LogP contribution in [0.1, 0.15) is 84.0 Å². The number of hydrogen-bond donors (Lipinski definition) is 0. The van der Waals surface area contributed by atoms with E-state index in [0.717, 1.165) is 50.2 Å². The third-order valence-electron chi connectivity index (χ3n) is 8.86. The fourth-order valence-electron chi connectivity index (χ4n) is 6.54. The van der Waals surface area contributed by atoms with Gasteiger partial charge in [0.1, 0.15) is 5.75 Å². The maximum atomic E-state index is 13.2. The van der Waals surface area contributed by atoms with E-state index in [1.54, 1.807) is 0 Å². The molecular weight excluding hydrogens is 450 g/mol. The molecule has 2 saturated heterocycles. The SMILES string of the molecule is CC1CCCN1CCCOc1ccc(N2C(=O)CCC2CN(CC2CCCCC2)C(=O)C2CC2)cc1. The van der Waals surface area contributed by atoms with Crippen molar-refractivity contribution in [3.05, 3.63) is 24.3 Å². The van der Waals surface area contributed by atoms with Gasteiger partial charge in [-0.05, 0) is 95.0 Å². The van der Waals surface area contributed by atoms with E-state index in [-0.39, 0.29) is 17.9 Å². The number of amides is 2. The summed E-state index contributed by atoms with van der Waals surface area (Å²) in [6.07, 6.45) is 13.5. The van der Waals surface area contributed by atoms with Gasteiger partial charge in [0.05, 0.1) is 12.6 Å². The first kappa shape index (κ1) is 25.6. The smallest absolute Gasteiger partial charge is 0.227 e. The fourth-order valence-corrected chi connectivity index (χ4v) is 6.54. The number of likely N-dealkylation sites (tertiary alicyclic amines) is 1. The van der Waals surface area contributed by atoms with E-state index in [1.165, 1.54) is 51.5 Å². The molecular formula is C30H45N3O3. The molecule has 0 radical (unpaired) electrons. The molecule has 0 spiro atoms. The van der Waals surface area contributed by atoms with Crippen LogP contribution in [-0.2, 0) is 9.59 Å². The van der Waals surface area contributed by atoms with E-state index in [9.17, 15) is 9.59 Å². The molecule has 2 aliphatic heterocycles. The Morgan fingerprint density at radius 2 is 1.75 bits per heavy atom. The molecule has 2 amide bonds. The van der Waals surface area contributed by atoms with Crippen molar-refractivity contribution in [1.29, 1.82) is 0 Å². The van der Waals surface area contributed by atoms with Gasteiger partial charge in [-0.2, -0.15) is 0 Å². The minimum absolute atomic E-state index is 0.0676. The molecule has 1 aromatic carbocycles. The Morgan fingerprint density at radius 3 is 2.44 bits per heavy atom. The van der Waals surface area contributed by atoms with Crippen LogP contribution in [0.15, 0.2) is 24.3 Å². The molecule has 198 valence electrons. The lowest BCUT2D eigenvalue weighted by molar-refractivity contribution is -0.133. The van der Waals surface area contributed by atoms with Crippen LogP contribution in [0.5, 0.6) is 5.75 Å². The zero-order chi connectivity index (χ0) is 24.9. The maximum absolute atomic E-state index is 13.2. The molecule has 2 atom stereocenters. The van der Waals surface area contributed by atoms with Crippen LogP contribution in [-0.4, -0.2) is 66.5 Å². The summed E-state index contributed by atoms with van der Waals surface area (Å²) < 4.78 is 6.00. The number of ether oxygens (including phenoxy) is 1. The molecule has 0 N–H and O–H groups in total. The molecule has 2 aliphatic carbocycles. The van der Waals surface area contributed by atoms with Crippen molar-refractivity contribution < 1.29 is 14.3 Å². The average molecular weight is 496 g/mol. The lowest BCUT2D eigenvalue weighted by atomic mass is 9.88. The minimum Gasteiger partial charge on any atom is -0.494 e. The highest BCUT2D eigenvalue weighted by atomic mass is 16.5. The first-order valence-corrected chi connectivity index (χ1v) is 14.7. The van der Waals surface area contributed by atoms with Gasteiger partial charge < -0.3 is 19.4 Å². The predicted octanol–water partition coefficient (Wildman–Crippen LogP) is 5.25. The van der Waals surface area contributed by atoms with Gasteiger partial charge in [-0.1, -0.05) is 19.3 Å². The van der Waals surface area contributed by atoms with Crippen molar-refractivity contribution in [3.63, 3.8) is 0 Å². The van der Waals surface area contributed by atoms with Crippen molar-refractivity contribution in [2.24, 2.45) is 11.8 Å². The number of rotatable bonds is 11. The molecule has 4 aliphatic rings. The summed E-state index contributed by atoms with van der Waals surface area (Å²) in [5.41, 5.74) is 0.928. The van der Waals surface area contributed by atoms with Gasteiger partial charge in [-0.3, -0.25) is 9.59 Å². The fraction of sp³-hybridized carbons (Fsp3) is 0.733. The first-order valence-electron chi connectivity index (χ1n) is 14.7. The third-order valence-corrected chi connectivity index (χ3v) is 8.86. The molecule has 5 rings (SSSR count). The van der Waals surface area contributed by atoms with Crippen LogP contribution in [0, 0.1) is 11.8 Å². The highest BCUT2D eigenvalue weighted by Crippen LogP contribution is 2.34. The average Bonchev–Trinajstić information content (AvgIpc) is 3.58. The van der Waals surface area contributed by atoms with E-state index in [4.69, 9.17) is 4.74 Å². The summed E-state index contributed by atoms with van der Waals surface area (Å²) in [5.74, 6) is 2.21. The molecule has 36 heavy (non-hydrogen) atoms. The second-order valence-corrected chi connectivity index (χ2v) is 11.7. The number of benzene rings is 1. The molecule has 6 heteroatoms. The number of carbonyl (C=O) groups excluding carboxylic acids is 2. The highest BCUT2D eigenvalue weighted by molar-refractivity contribution is 5.96. The van der Waals surface area contributed by atoms with Crippen molar-refractivity contribution >= 4 is 17.5 Å². The summed E-state index contributed by atoms with van der Waals surface area (Å²) >= 11 is 0. The van der Waals surface area contributed by atoms with Crippen LogP contribution in [0.25, 0.3) is 0 Å². The molecule has 2 saturated carbocycles. The Balaban J connectivity index is 1.16. The normalized spacial score (nSPS) is 25.5. The van der Waals surface area contributed by atoms with Crippen molar-refractivity contribution in [2.45, 2.75) is 96.1 Å². The van der Waals surface area contributed by atoms with Gasteiger partial charge in [-0.15, -0.1) is 0 Å². The Kier molecular flexibility index (Phi) is 8.51. The summed E-state index contributed by atoms with van der Waals surface area (Å²) in [6.45, 7) is 6.89. The second kappa shape index (κ2) is 12.0. The number of anilines is 1. The highest BCUT2D eigenvalue weighted by Gasteiger charge is 2.39. The summed E-state index contributed by atoms with van der Waals surface area (Å²) in [6, 6.07) is 8.79. The van der Waals surface area contributed by atoms with Gasteiger partial charge in [0.25, 0.3) is 0 Å². The molecule has 1 aromatic rings. The Bertz CT molecular complexity index is 878. The Hall–Kier alpha value is -2.08. The molecule has 2 heterocycles. The number of nitrogens with zero attached hydrogens (tertiary/aromatic N) is 3. The summed E-state index contributed by atoms with van der Waals surface area (Å²) in [5, 5.41) is 0. The third kappa shape index (κ3) is 6.42. The van der Waals surface area contributed by atoms with Gasteiger partial charge in [0.15, 0.2) is 0 Å². The number of carbonyl (C=O) groups is 2. The van der Waals surface area contributed by atoms with E-state index in [0.29, 0.717) is 37.4 Å².